The predicted octanol–water partition coefficient (Wildman–Crippen LogP) is 1.90. The van der Waals surface area contributed by atoms with E-state index in [-0.39, 0.29) is 12.3 Å². The van der Waals surface area contributed by atoms with E-state index in [1.165, 1.54) is 7.11 Å². The summed E-state index contributed by atoms with van der Waals surface area (Å²) in [6.07, 6.45) is -0.699. The maximum Gasteiger partial charge on any atom is 0.408 e. The Labute approximate surface area is 152 Å². The molecular weight excluding hydrogens is 338 g/mol. The number of rotatable bonds is 4. The zero-order valence-electron chi connectivity index (χ0n) is 15.7. The number of likely N-dealkylation sites (N-methyl/N-ethyl adjacent to an activating group) is 1. The molecule has 1 aromatic carbocycles. The molecule has 0 bridgehead atoms. The Morgan fingerprint density at radius 2 is 1.96 bits per heavy atom. The molecular formula is C18H25N3O5. The molecule has 2 rings (SSSR count). The van der Waals surface area contributed by atoms with Crippen LogP contribution in [0, 0.1) is 0 Å². The summed E-state index contributed by atoms with van der Waals surface area (Å²) in [6, 6.07) is 5.70. The van der Waals surface area contributed by atoms with Gasteiger partial charge in [0, 0.05) is 13.5 Å². The van der Waals surface area contributed by atoms with Crippen molar-refractivity contribution in [3.63, 3.8) is 0 Å². The number of nitrogens with one attached hydrogen (secondary N) is 2. The Kier molecular flexibility index (Phi) is 5.74. The van der Waals surface area contributed by atoms with Gasteiger partial charge in [0.25, 0.3) is 0 Å². The van der Waals surface area contributed by atoms with Gasteiger partial charge in [0.2, 0.25) is 5.91 Å². The molecule has 2 atom stereocenters. The predicted molar refractivity (Wildman–Crippen MR) is 97.1 cm³/mol. The lowest BCUT2D eigenvalue weighted by atomic mass is 10.0. The Morgan fingerprint density at radius 1 is 1.31 bits per heavy atom. The van der Waals surface area contributed by atoms with Crippen LogP contribution in [0.1, 0.15) is 27.2 Å². The monoisotopic (exact) mass is 363 g/mol. The van der Waals surface area contributed by atoms with Gasteiger partial charge in [0.1, 0.15) is 17.7 Å². The van der Waals surface area contributed by atoms with E-state index in [9.17, 15) is 14.4 Å². The second-order valence-electron chi connectivity index (χ2n) is 7.09. The molecule has 1 aliphatic heterocycles. The summed E-state index contributed by atoms with van der Waals surface area (Å²) in [5.74, 6) is -0.901. The van der Waals surface area contributed by atoms with Crippen LogP contribution in [-0.2, 0) is 19.1 Å². The number of para-hydroxylation sites is 2. The molecule has 1 aromatic rings. The Bertz CT molecular complexity index is 698. The molecule has 0 saturated heterocycles. The molecule has 2 N–H and O–H groups in total. The van der Waals surface area contributed by atoms with Gasteiger partial charge in [-0.2, -0.15) is 0 Å². The van der Waals surface area contributed by atoms with Crippen LogP contribution in [0.5, 0.6) is 0 Å². The average molecular weight is 363 g/mol. The summed E-state index contributed by atoms with van der Waals surface area (Å²) in [5.41, 5.74) is 0.826. The number of fused-ring (bicyclic) bond motifs is 1. The van der Waals surface area contributed by atoms with E-state index in [1.54, 1.807) is 38.8 Å². The first kappa shape index (κ1) is 19.6. The van der Waals surface area contributed by atoms with Gasteiger partial charge in [-0.3, -0.25) is 4.79 Å². The van der Waals surface area contributed by atoms with Gasteiger partial charge in [-0.25, -0.2) is 9.59 Å². The van der Waals surface area contributed by atoms with Crippen molar-refractivity contribution >= 4 is 29.3 Å². The second-order valence-corrected chi connectivity index (χ2v) is 7.09. The molecule has 8 heteroatoms. The highest BCUT2D eigenvalue weighted by molar-refractivity contribution is 6.03. The molecule has 1 aliphatic rings. The summed E-state index contributed by atoms with van der Waals surface area (Å²) in [4.78, 5) is 38.4. The van der Waals surface area contributed by atoms with E-state index < -0.39 is 29.7 Å². The highest BCUT2D eigenvalue weighted by Gasteiger charge is 2.36. The van der Waals surface area contributed by atoms with E-state index in [2.05, 4.69) is 10.6 Å². The number of nitrogens with zero attached hydrogens (tertiary/aromatic N) is 1. The van der Waals surface area contributed by atoms with Gasteiger partial charge < -0.3 is 25.0 Å². The van der Waals surface area contributed by atoms with Gasteiger partial charge in [0.15, 0.2) is 0 Å². The van der Waals surface area contributed by atoms with E-state index in [1.807, 2.05) is 18.2 Å². The molecule has 26 heavy (non-hydrogen) atoms. The van der Waals surface area contributed by atoms with Gasteiger partial charge in [-0.15, -0.1) is 0 Å². The minimum absolute atomic E-state index is 0.0442. The first-order chi connectivity index (χ1) is 12.1. The Hall–Kier alpha value is -2.77. The number of methoxy groups -OCH3 is 1. The zero-order valence-corrected chi connectivity index (χ0v) is 15.7. The van der Waals surface area contributed by atoms with Crippen molar-refractivity contribution in [3.05, 3.63) is 24.3 Å². The van der Waals surface area contributed by atoms with Crippen molar-refractivity contribution < 1.29 is 23.9 Å². The minimum atomic E-state index is -1.02. The fourth-order valence-electron chi connectivity index (χ4n) is 2.74. The van der Waals surface area contributed by atoms with Crippen LogP contribution in [0.25, 0.3) is 0 Å². The van der Waals surface area contributed by atoms with Crippen LogP contribution in [0.15, 0.2) is 24.3 Å². The lowest BCUT2D eigenvalue weighted by Crippen LogP contribution is -2.53. The number of esters is 1. The highest BCUT2D eigenvalue weighted by atomic mass is 16.6. The standard InChI is InChI=1S/C18H25N3O5/c1-18(2,3)26-17(24)20-12(16(23)25-5)10-14-15(22)19-11-8-6-7-9-13(11)21(14)4/h6-9,12,14H,10H2,1-5H3,(H,19,22)(H,20,24). The fourth-order valence-corrected chi connectivity index (χ4v) is 2.74. The van der Waals surface area contributed by atoms with E-state index >= 15 is 0 Å². The largest absolute Gasteiger partial charge is 0.467 e. The maximum atomic E-state index is 12.5. The van der Waals surface area contributed by atoms with Crippen LogP contribution in [0.2, 0.25) is 0 Å². The number of anilines is 2. The van der Waals surface area contributed by atoms with Crippen LogP contribution >= 0.6 is 0 Å². The smallest absolute Gasteiger partial charge is 0.408 e. The molecule has 0 aliphatic carbocycles. The summed E-state index contributed by atoms with van der Waals surface area (Å²) < 4.78 is 9.96. The number of benzene rings is 1. The molecule has 0 aromatic heterocycles. The number of ether oxygens (including phenoxy) is 2. The van der Waals surface area contributed by atoms with Crippen LogP contribution in [0.4, 0.5) is 16.2 Å². The van der Waals surface area contributed by atoms with Crippen molar-refractivity contribution in [1.29, 1.82) is 0 Å². The summed E-state index contributed by atoms with van der Waals surface area (Å²) in [7, 11) is 3.00. The molecule has 0 fully saturated rings. The summed E-state index contributed by atoms with van der Waals surface area (Å²) >= 11 is 0. The lowest BCUT2D eigenvalue weighted by molar-refractivity contribution is -0.143. The molecule has 1 heterocycles. The van der Waals surface area contributed by atoms with Crippen molar-refractivity contribution in [3.8, 4) is 0 Å². The molecule has 0 saturated carbocycles. The van der Waals surface area contributed by atoms with Crippen molar-refractivity contribution in [2.45, 2.75) is 44.9 Å². The topological polar surface area (TPSA) is 97.0 Å². The number of alkyl carbamates (subject to hydrolysis) is 1. The van der Waals surface area contributed by atoms with Gasteiger partial charge in [-0.1, -0.05) is 12.1 Å². The summed E-state index contributed by atoms with van der Waals surface area (Å²) in [6.45, 7) is 5.16. The first-order valence-corrected chi connectivity index (χ1v) is 8.32. The highest BCUT2D eigenvalue weighted by Crippen LogP contribution is 2.31. The maximum absolute atomic E-state index is 12.5. The quantitative estimate of drug-likeness (QED) is 0.793. The number of hydrogen-bond acceptors (Lipinski definition) is 6. The van der Waals surface area contributed by atoms with Crippen molar-refractivity contribution in [2.75, 3.05) is 24.4 Å². The molecule has 2 amide bonds. The zero-order chi connectivity index (χ0) is 19.5. The SMILES string of the molecule is COC(=O)C(CC1C(=O)Nc2ccccc2N1C)NC(=O)OC(C)(C)C. The number of amides is 2. The van der Waals surface area contributed by atoms with Gasteiger partial charge in [-0.05, 0) is 32.9 Å². The third-order valence-corrected chi connectivity index (χ3v) is 3.95. The van der Waals surface area contributed by atoms with E-state index in [4.69, 9.17) is 9.47 Å². The third kappa shape index (κ3) is 4.65. The molecule has 8 nitrogen and oxygen atoms in total. The first-order valence-electron chi connectivity index (χ1n) is 8.32. The minimum Gasteiger partial charge on any atom is -0.467 e. The average Bonchev–Trinajstić information content (AvgIpc) is 2.55. The Morgan fingerprint density at radius 3 is 2.58 bits per heavy atom. The van der Waals surface area contributed by atoms with Crippen LogP contribution < -0.4 is 15.5 Å². The molecule has 0 spiro atoms. The van der Waals surface area contributed by atoms with Gasteiger partial charge in [0.05, 0.1) is 18.5 Å². The molecule has 0 radical (unpaired) electrons. The van der Waals surface area contributed by atoms with Crippen molar-refractivity contribution in [1.82, 2.24) is 5.32 Å². The van der Waals surface area contributed by atoms with Crippen LogP contribution in [-0.4, -0.2) is 49.8 Å². The number of carbonyl (C=O) groups excluding carboxylic acids is 3. The Balaban J connectivity index is 2.16. The van der Waals surface area contributed by atoms with Crippen LogP contribution in [0.3, 0.4) is 0 Å². The molecule has 142 valence electrons. The lowest BCUT2D eigenvalue weighted by Gasteiger charge is -2.36. The number of hydrogen-bond donors (Lipinski definition) is 2. The third-order valence-electron chi connectivity index (χ3n) is 3.95. The van der Waals surface area contributed by atoms with Crippen molar-refractivity contribution in [2.24, 2.45) is 0 Å². The van der Waals surface area contributed by atoms with Gasteiger partial charge >= 0.3 is 12.1 Å². The normalized spacial score (nSPS) is 17.7. The van der Waals surface area contributed by atoms with E-state index in [0.717, 1.165) is 5.69 Å². The van der Waals surface area contributed by atoms with E-state index in [0.29, 0.717) is 5.69 Å². The summed E-state index contributed by atoms with van der Waals surface area (Å²) in [5, 5.41) is 5.31. The molecule has 2 unspecified atom stereocenters. The fraction of sp³-hybridized carbons (Fsp3) is 0.500. The second kappa shape index (κ2) is 7.63. The number of carbonyl (C=O) groups is 3.